The van der Waals surface area contributed by atoms with Crippen LogP contribution in [0.4, 0.5) is 0 Å². The standard InChI is InChI=1S/C24H25ClN2O2S/c1-2-14-27-19-7-5-8-20(28)22(19)23(26-24(27)30)18-6-3-4-9-21(18)29-15-16-10-12-17(25)13-11-16/h3-4,6,9-13,23H,2,5,7-8,14-15H2,1H3,(H,26,30). The average molecular weight is 441 g/mol. The zero-order valence-corrected chi connectivity index (χ0v) is 18.6. The molecule has 1 heterocycles. The highest BCUT2D eigenvalue weighted by molar-refractivity contribution is 7.80. The first-order chi connectivity index (χ1) is 14.6. The maximum atomic E-state index is 13.0. The molecule has 156 valence electrons. The predicted molar refractivity (Wildman–Crippen MR) is 124 cm³/mol. The van der Waals surface area contributed by atoms with Crippen LogP contribution in [0.25, 0.3) is 0 Å². The first kappa shape index (κ1) is 20.9. The number of ketones is 1. The van der Waals surface area contributed by atoms with Crippen molar-refractivity contribution in [2.75, 3.05) is 6.54 Å². The molecule has 0 amide bonds. The van der Waals surface area contributed by atoms with Crippen LogP contribution in [0.5, 0.6) is 5.75 Å². The van der Waals surface area contributed by atoms with Gasteiger partial charge >= 0.3 is 0 Å². The molecule has 2 aromatic rings. The van der Waals surface area contributed by atoms with E-state index in [1.165, 1.54) is 0 Å². The van der Waals surface area contributed by atoms with Crippen molar-refractivity contribution < 1.29 is 9.53 Å². The number of nitrogens with zero attached hydrogens (tertiary/aromatic N) is 1. The number of allylic oxidation sites excluding steroid dienone is 1. The van der Waals surface area contributed by atoms with Crippen LogP contribution in [0.2, 0.25) is 5.02 Å². The number of benzene rings is 2. The van der Waals surface area contributed by atoms with E-state index < -0.39 is 0 Å². The number of carbonyl (C=O) groups excluding carboxylic acids is 1. The number of Topliss-reactive ketones (excluding diaryl/α,β-unsaturated/α-hetero) is 1. The molecule has 0 fully saturated rings. The van der Waals surface area contributed by atoms with Gasteiger partial charge in [0.1, 0.15) is 12.4 Å². The van der Waals surface area contributed by atoms with Crippen LogP contribution in [0, 0.1) is 0 Å². The predicted octanol–water partition coefficient (Wildman–Crippen LogP) is 5.57. The fourth-order valence-electron chi connectivity index (χ4n) is 4.14. The molecule has 0 bridgehead atoms. The van der Waals surface area contributed by atoms with Gasteiger partial charge in [-0.1, -0.05) is 48.9 Å². The maximum Gasteiger partial charge on any atom is 0.173 e. The maximum absolute atomic E-state index is 13.0. The van der Waals surface area contributed by atoms with Gasteiger partial charge in [0.25, 0.3) is 0 Å². The molecule has 2 aliphatic rings. The molecule has 30 heavy (non-hydrogen) atoms. The number of ether oxygens (including phenoxy) is 1. The Labute approximate surface area is 187 Å². The Morgan fingerprint density at radius 2 is 1.93 bits per heavy atom. The number of thiocarbonyl (C=S) groups is 1. The first-order valence-corrected chi connectivity index (χ1v) is 11.2. The molecule has 0 saturated heterocycles. The Kier molecular flexibility index (Phi) is 6.40. The van der Waals surface area contributed by atoms with Gasteiger partial charge in [0.2, 0.25) is 0 Å². The van der Waals surface area contributed by atoms with Gasteiger partial charge in [-0.15, -0.1) is 0 Å². The van der Waals surface area contributed by atoms with Gasteiger partial charge in [-0.25, -0.2) is 0 Å². The Bertz CT molecular complexity index is 987. The highest BCUT2D eigenvalue weighted by Gasteiger charge is 2.37. The summed E-state index contributed by atoms with van der Waals surface area (Å²) in [4.78, 5) is 15.1. The van der Waals surface area contributed by atoms with E-state index >= 15 is 0 Å². The largest absolute Gasteiger partial charge is 0.489 e. The summed E-state index contributed by atoms with van der Waals surface area (Å²) in [6.45, 7) is 3.37. The Hall–Kier alpha value is -2.37. The second-order valence-electron chi connectivity index (χ2n) is 7.62. The molecule has 0 aromatic heterocycles. The molecule has 2 aromatic carbocycles. The van der Waals surface area contributed by atoms with Crippen molar-refractivity contribution in [1.29, 1.82) is 0 Å². The zero-order valence-electron chi connectivity index (χ0n) is 17.0. The normalized spacial score (nSPS) is 18.9. The fourth-order valence-corrected chi connectivity index (χ4v) is 4.58. The van der Waals surface area contributed by atoms with Crippen molar-refractivity contribution in [3.63, 3.8) is 0 Å². The minimum absolute atomic E-state index is 0.199. The lowest BCUT2D eigenvalue weighted by molar-refractivity contribution is -0.116. The molecule has 0 saturated carbocycles. The second-order valence-corrected chi connectivity index (χ2v) is 8.45. The molecule has 6 heteroatoms. The van der Waals surface area contributed by atoms with Crippen molar-refractivity contribution in [2.24, 2.45) is 0 Å². The minimum Gasteiger partial charge on any atom is -0.489 e. The van der Waals surface area contributed by atoms with Gasteiger partial charge < -0.3 is 15.0 Å². The molecule has 1 unspecified atom stereocenters. The molecule has 0 spiro atoms. The lowest BCUT2D eigenvalue weighted by atomic mass is 9.84. The molecule has 1 aliphatic carbocycles. The van der Waals surface area contributed by atoms with Crippen LogP contribution in [0.1, 0.15) is 49.8 Å². The Morgan fingerprint density at radius 3 is 2.70 bits per heavy atom. The van der Waals surface area contributed by atoms with E-state index in [-0.39, 0.29) is 11.8 Å². The lowest BCUT2D eigenvalue weighted by Crippen LogP contribution is -2.49. The summed E-state index contributed by atoms with van der Waals surface area (Å²) in [7, 11) is 0. The number of hydrogen-bond donors (Lipinski definition) is 1. The van der Waals surface area contributed by atoms with Gasteiger partial charge in [-0.2, -0.15) is 0 Å². The van der Waals surface area contributed by atoms with E-state index in [4.69, 9.17) is 28.6 Å². The number of nitrogens with one attached hydrogen (secondary N) is 1. The summed E-state index contributed by atoms with van der Waals surface area (Å²) >= 11 is 11.7. The highest BCUT2D eigenvalue weighted by Crippen LogP contribution is 2.40. The van der Waals surface area contributed by atoms with Crippen molar-refractivity contribution in [2.45, 2.75) is 45.3 Å². The van der Waals surface area contributed by atoms with Crippen molar-refractivity contribution in [3.05, 3.63) is 76.0 Å². The smallest absolute Gasteiger partial charge is 0.173 e. The molecule has 1 atom stereocenters. The van der Waals surface area contributed by atoms with Gasteiger partial charge in [0.15, 0.2) is 10.9 Å². The van der Waals surface area contributed by atoms with E-state index in [1.54, 1.807) is 0 Å². The summed E-state index contributed by atoms with van der Waals surface area (Å²) in [5.41, 5.74) is 3.89. The molecule has 0 radical (unpaired) electrons. The highest BCUT2D eigenvalue weighted by atomic mass is 35.5. The second kappa shape index (κ2) is 9.19. The molecule has 4 nitrogen and oxygen atoms in total. The van der Waals surface area contributed by atoms with E-state index in [1.807, 2.05) is 48.5 Å². The zero-order chi connectivity index (χ0) is 21.1. The average Bonchev–Trinajstić information content (AvgIpc) is 2.75. The van der Waals surface area contributed by atoms with Crippen LogP contribution in [-0.2, 0) is 11.4 Å². The number of hydrogen-bond acceptors (Lipinski definition) is 3. The van der Waals surface area contributed by atoms with Crippen molar-refractivity contribution in [1.82, 2.24) is 10.2 Å². The number of para-hydroxylation sites is 1. The van der Waals surface area contributed by atoms with Gasteiger partial charge in [-0.3, -0.25) is 4.79 Å². The SMILES string of the molecule is CCCN1C(=S)NC(c2ccccc2OCc2ccc(Cl)cc2)C2=C1CCCC2=O. The fraction of sp³-hybridized carbons (Fsp3) is 0.333. The van der Waals surface area contributed by atoms with E-state index in [2.05, 4.69) is 17.1 Å². The third kappa shape index (κ3) is 4.23. The number of carbonyl (C=O) groups is 1. The van der Waals surface area contributed by atoms with Gasteiger partial charge in [0.05, 0.1) is 6.04 Å². The number of halogens is 1. The topological polar surface area (TPSA) is 41.6 Å². The summed E-state index contributed by atoms with van der Waals surface area (Å²) in [5, 5.41) is 4.81. The van der Waals surface area contributed by atoms with Crippen LogP contribution in [-0.4, -0.2) is 22.3 Å². The van der Waals surface area contributed by atoms with Gasteiger partial charge in [-0.05, 0) is 55.2 Å². The summed E-state index contributed by atoms with van der Waals surface area (Å²) in [6.07, 6.45) is 3.31. The van der Waals surface area contributed by atoms with Crippen LogP contribution < -0.4 is 10.1 Å². The van der Waals surface area contributed by atoms with Crippen molar-refractivity contribution in [3.8, 4) is 5.75 Å². The van der Waals surface area contributed by atoms with Gasteiger partial charge in [0, 0.05) is 34.8 Å². The van der Waals surface area contributed by atoms with Crippen LogP contribution in [0.3, 0.4) is 0 Å². The van der Waals surface area contributed by atoms with E-state index in [0.717, 1.165) is 54.0 Å². The third-order valence-corrected chi connectivity index (χ3v) is 6.13. The molecular weight excluding hydrogens is 416 g/mol. The van der Waals surface area contributed by atoms with Crippen molar-refractivity contribution >= 4 is 34.7 Å². The summed E-state index contributed by atoms with van der Waals surface area (Å²) in [6, 6.07) is 15.2. The number of rotatable bonds is 6. The quantitative estimate of drug-likeness (QED) is 0.595. The monoisotopic (exact) mass is 440 g/mol. The first-order valence-electron chi connectivity index (χ1n) is 10.4. The van der Waals surface area contributed by atoms with Crippen LogP contribution in [0.15, 0.2) is 59.8 Å². The molecular formula is C24H25ClN2O2S. The van der Waals surface area contributed by atoms with E-state index in [0.29, 0.717) is 23.2 Å². The van der Waals surface area contributed by atoms with Crippen LogP contribution >= 0.6 is 23.8 Å². The lowest BCUT2D eigenvalue weighted by Gasteiger charge is -2.41. The molecule has 1 N–H and O–H groups in total. The minimum atomic E-state index is -0.283. The third-order valence-electron chi connectivity index (χ3n) is 5.54. The molecule has 1 aliphatic heterocycles. The summed E-state index contributed by atoms with van der Waals surface area (Å²) in [5.74, 6) is 0.951. The summed E-state index contributed by atoms with van der Waals surface area (Å²) < 4.78 is 6.17. The molecule has 4 rings (SSSR count). The Balaban J connectivity index is 1.67. The van der Waals surface area contributed by atoms with E-state index in [9.17, 15) is 4.79 Å². The Morgan fingerprint density at radius 1 is 1.17 bits per heavy atom.